The molecule has 0 spiro atoms. The highest BCUT2D eigenvalue weighted by molar-refractivity contribution is 7.99. The molecule has 2 aromatic heterocycles. The van der Waals surface area contributed by atoms with Crippen LogP contribution < -0.4 is 5.73 Å². The van der Waals surface area contributed by atoms with E-state index in [1.54, 1.807) is 11.8 Å². The Morgan fingerprint density at radius 3 is 2.74 bits per heavy atom. The molecule has 96 valence electrons. The third-order valence-corrected chi connectivity index (χ3v) is 4.37. The van der Waals surface area contributed by atoms with Crippen LogP contribution in [0.15, 0.2) is 58.6 Å². The quantitative estimate of drug-likeness (QED) is 0.801. The molecule has 0 aliphatic rings. The molecule has 5 heteroatoms. The highest BCUT2D eigenvalue weighted by atomic mass is 35.5. The van der Waals surface area contributed by atoms with Crippen molar-refractivity contribution in [1.82, 2.24) is 9.38 Å². The molecule has 3 rings (SSSR count). The molecule has 2 N–H and O–H groups in total. The molecule has 0 atom stereocenters. The van der Waals surface area contributed by atoms with Crippen molar-refractivity contribution in [2.75, 3.05) is 0 Å². The van der Waals surface area contributed by atoms with Gasteiger partial charge in [0.1, 0.15) is 10.7 Å². The Bertz CT molecular complexity index is 724. The summed E-state index contributed by atoms with van der Waals surface area (Å²) < 4.78 is 2.01. The fourth-order valence-electron chi connectivity index (χ4n) is 1.92. The summed E-state index contributed by atoms with van der Waals surface area (Å²) in [6.45, 7) is 0.442. The van der Waals surface area contributed by atoms with E-state index in [1.165, 1.54) is 0 Å². The van der Waals surface area contributed by atoms with Crippen molar-refractivity contribution in [3.8, 4) is 0 Å². The minimum absolute atomic E-state index is 0.442. The van der Waals surface area contributed by atoms with E-state index in [2.05, 4.69) is 4.98 Å². The molecule has 0 saturated heterocycles. The fourth-order valence-corrected chi connectivity index (χ4v) is 3.13. The zero-order valence-corrected chi connectivity index (χ0v) is 11.7. The van der Waals surface area contributed by atoms with Gasteiger partial charge in [0.05, 0.1) is 10.7 Å². The molecule has 0 unspecified atom stereocenters. The number of hydrogen-bond donors (Lipinski definition) is 1. The van der Waals surface area contributed by atoms with E-state index in [0.29, 0.717) is 6.54 Å². The predicted octanol–water partition coefficient (Wildman–Crippen LogP) is 3.60. The van der Waals surface area contributed by atoms with Crippen molar-refractivity contribution in [3.05, 3.63) is 59.4 Å². The van der Waals surface area contributed by atoms with Crippen LogP contribution in [-0.2, 0) is 6.54 Å². The van der Waals surface area contributed by atoms with Crippen LogP contribution in [0, 0.1) is 0 Å². The second-order valence-corrected chi connectivity index (χ2v) is 5.47. The first-order valence-corrected chi connectivity index (χ1v) is 7.07. The lowest BCUT2D eigenvalue weighted by Gasteiger charge is -2.03. The Balaban J connectivity index is 2.08. The molecule has 0 fully saturated rings. The lowest BCUT2D eigenvalue weighted by molar-refractivity contribution is 0.921. The second kappa shape index (κ2) is 5.25. The zero-order chi connectivity index (χ0) is 13.2. The number of imidazole rings is 1. The number of rotatable bonds is 3. The summed E-state index contributed by atoms with van der Waals surface area (Å²) in [5.74, 6) is 0. The van der Waals surface area contributed by atoms with Crippen molar-refractivity contribution in [2.24, 2.45) is 5.73 Å². The molecule has 0 aliphatic heterocycles. The summed E-state index contributed by atoms with van der Waals surface area (Å²) in [6.07, 6.45) is 1.97. The van der Waals surface area contributed by atoms with Crippen molar-refractivity contribution < 1.29 is 0 Å². The highest BCUT2D eigenvalue weighted by Crippen LogP contribution is 2.34. The minimum atomic E-state index is 0.442. The largest absolute Gasteiger partial charge is 0.325 e. The number of fused-ring (bicyclic) bond motifs is 1. The van der Waals surface area contributed by atoms with Gasteiger partial charge in [-0.2, -0.15) is 0 Å². The maximum Gasteiger partial charge on any atom is 0.138 e. The van der Waals surface area contributed by atoms with E-state index < -0.39 is 0 Å². The molecular weight excluding hydrogens is 278 g/mol. The summed E-state index contributed by atoms with van der Waals surface area (Å²) >= 11 is 7.73. The van der Waals surface area contributed by atoms with Gasteiger partial charge in [-0.25, -0.2) is 4.98 Å². The fraction of sp³-hybridized carbons (Fsp3) is 0.0714. The van der Waals surface area contributed by atoms with Crippen LogP contribution in [-0.4, -0.2) is 9.38 Å². The number of aromatic nitrogens is 2. The topological polar surface area (TPSA) is 43.3 Å². The first-order valence-electron chi connectivity index (χ1n) is 5.88. The zero-order valence-electron chi connectivity index (χ0n) is 10.1. The van der Waals surface area contributed by atoms with E-state index in [-0.39, 0.29) is 0 Å². The van der Waals surface area contributed by atoms with E-state index in [4.69, 9.17) is 17.3 Å². The van der Waals surface area contributed by atoms with Gasteiger partial charge in [0.15, 0.2) is 0 Å². The Morgan fingerprint density at radius 1 is 1.16 bits per heavy atom. The van der Waals surface area contributed by atoms with Crippen LogP contribution in [0.3, 0.4) is 0 Å². The SMILES string of the molecule is NCc1c(Sc2ccccc2Cl)nc2ccccn12. The van der Waals surface area contributed by atoms with Gasteiger partial charge in [0.25, 0.3) is 0 Å². The summed E-state index contributed by atoms with van der Waals surface area (Å²) in [7, 11) is 0. The van der Waals surface area contributed by atoms with E-state index in [1.807, 2.05) is 53.1 Å². The van der Waals surface area contributed by atoms with Crippen LogP contribution in [0.2, 0.25) is 5.02 Å². The number of nitrogens with two attached hydrogens (primary N) is 1. The van der Waals surface area contributed by atoms with Crippen molar-refractivity contribution >= 4 is 29.0 Å². The molecule has 0 bridgehead atoms. The maximum atomic E-state index is 6.18. The molecule has 0 radical (unpaired) electrons. The van der Waals surface area contributed by atoms with Crippen LogP contribution in [0.25, 0.3) is 5.65 Å². The summed E-state index contributed by atoms with van der Waals surface area (Å²) in [4.78, 5) is 5.60. The van der Waals surface area contributed by atoms with Gasteiger partial charge < -0.3 is 10.1 Å². The number of pyridine rings is 1. The Hall–Kier alpha value is -1.49. The van der Waals surface area contributed by atoms with Crippen molar-refractivity contribution in [1.29, 1.82) is 0 Å². The van der Waals surface area contributed by atoms with Crippen LogP contribution in [0.4, 0.5) is 0 Å². The number of nitrogens with zero attached hydrogens (tertiary/aromatic N) is 2. The third kappa shape index (κ3) is 2.34. The van der Waals surface area contributed by atoms with E-state index in [0.717, 1.165) is 26.3 Å². The van der Waals surface area contributed by atoms with Crippen LogP contribution in [0.5, 0.6) is 0 Å². The van der Waals surface area contributed by atoms with Crippen LogP contribution >= 0.6 is 23.4 Å². The maximum absolute atomic E-state index is 6.18. The van der Waals surface area contributed by atoms with Gasteiger partial charge in [-0.05, 0) is 24.3 Å². The van der Waals surface area contributed by atoms with Gasteiger partial charge in [0, 0.05) is 17.6 Å². The molecule has 0 aliphatic carbocycles. The highest BCUT2D eigenvalue weighted by Gasteiger charge is 2.12. The molecule has 3 nitrogen and oxygen atoms in total. The molecular formula is C14H12ClN3S. The first-order chi connectivity index (χ1) is 9.29. The lowest BCUT2D eigenvalue weighted by Crippen LogP contribution is -2.01. The predicted molar refractivity (Wildman–Crippen MR) is 78.7 cm³/mol. The Labute approximate surface area is 120 Å². The smallest absolute Gasteiger partial charge is 0.138 e. The molecule has 0 amide bonds. The molecule has 2 heterocycles. The number of benzene rings is 1. The second-order valence-electron chi connectivity index (χ2n) is 4.03. The minimum Gasteiger partial charge on any atom is -0.325 e. The Kier molecular flexibility index (Phi) is 3.46. The van der Waals surface area contributed by atoms with Gasteiger partial charge in [-0.3, -0.25) is 0 Å². The normalized spacial score (nSPS) is 11.1. The van der Waals surface area contributed by atoms with Crippen molar-refractivity contribution in [3.63, 3.8) is 0 Å². The van der Waals surface area contributed by atoms with Gasteiger partial charge in [-0.15, -0.1) is 0 Å². The lowest BCUT2D eigenvalue weighted by atomic mass is 10.4. The average molecular weight is 290 g/mol. The first kappa shape index (κ1) is 12.5. The summed E-state index contributed by atoms with van der Waals surface area (Å²) in [6, 6.07) is 13.6. The monoisotopic (exact) mass is 289 g/mol. The molecule has 19 heavy (non-hydrogen) atoms. The van der Waals surface area contributed by atoms with E-state index in [9.17, 15) is 0 Å². The molecule has 1 aromatic carbocycles. The Morgan fingerprint density at radius 2 is 1.95 bits per heavy atom. The average Bonchev–Trinajstić information content (AvgIpc) is 2.78. The molecule has 0 saturated carbocycles. The number of halogens is 1. The van der Waals surface area contributed by atoms with Gasteiger partial charge in [0.2, 0.25) is 0 Å². The van der Waals surface area contributed by atoms with Crippen LogP contribution in [0.1, 0.15) is 5.69 Å². The standard InChI is InChI=1S/C14H12ClN3S/c15-10-5-1-2-6-12(10)19-14-11(9-16)18-8-4-3-7-13(18)17-14/h1-8H,9,16H2. The molecule has 3 aromatic rings. The summed E-state index contributed by atoms with van der Waals surface area (Å²) in [5.41, 5.74) is 7.75. The summed E-state index contributed by atoms with van der Waals surface area (Å²) in [5, 5.41) is 1.63. The van der Waals surface area contributed by atoms with Gasteiger partial charge >= 0.3 is 0 Å². The van der Waals surface area contributed by atoms with Crippen molar-refractivity contribution in [2.45, 2.75) is 16.5 Å². The van der Waals surface area contributed by atoms with E-state index >= 15 is 0 Å². The van der Waals surface area contributed by atoms with Gasteiger partial charge in [-0.1, -0.05) is 41.6 Å². The third-order valence-electron chi connectivity index (χ3n) is 2.83. The number of hydrogen-bond acceptors (Lipinski definition) is 3.